The van der Waals surface area contributed by atoms with Crippen molar-refractivity contribution in [2.45, 2.75) is 19.4 Å². The fourth-order valence-electron chi connectivity index (χ4n) is 1.89. The number of amidine groups is 1. The number of halogens is 3. The predicted molar refractivity (Wildman–Crippen MR) is 87.3 cm³/mol. The molecule has 0 radical (unpaired) electrons. The van der Waals surface area contributed by atoms with E-state index in [1.807, 2.05) is 30.3 Å². The Balaban J connectivity index is 1.94. The molecule has 0 saturated heterocycles. The molecule has 132 valence electrons. The van der Waals surface area contributed by atoms with Crippen molar-refractivity contribution in [2.75, 3.05) is 5.32 Å². The molecule has 3 N–H and O–H groups in total. The lowest BCUT2D eigenvalue weighted by molar-refractivity contribution is -0.126. The second kappa shape index (κ2) is 8.18. The number of rotatable bonds is 6. The van der Waals surface area contributed by atoms with Gasteiger partial charge in [-0.3, -0.25) is 4.79 Å². The number of nitrogens with two attached hydrogens (primary N) is 1. The molecule has 0 aliphatic rings. The molecule has 25 heavy (non-hydrogen) atoms. The van der Waals surface area contributed by atoms with Crippen LogP contribution in [0.4, 0.5) is 18.9 Å². The van der Waals surface area contributed by atoms with E-state index in [1.165, 1.54) is 6.92 Å². The maximum atomic E-state index is 13.5. The molecule has 0 bridgehead atoms. The van der Waals surface area contributed by atoms with E-state index in [0.29, 0.717) is 12.5 Å². The SMILES string of the molecule is CC(O/N=C(/N)Cc1ccccc1)C(=O)Nc1ccc(F)c(F)c1F. The Bertz CT molecular complexity index is 782. The number of nitrogens with one attached hydrogen (secondary N) is 1. The molecule has 1 atom stereocenters. The van der Waals surface area contributed by atoms with Crippen molar-refractivity contribution in [3.05, 3.63) is 65.5 Å². The third kappa shape index (κ3) is 4.97. The minimum absolute atomic E-state index is 0.143. The lowest BCUT2D eigenvalue weighted by Crippen LogP contribution is -2.28. The van der Waals surface area contributed by atoms with E-state index in [1.54, 1.807) is 0 Å². The van der Waals surface area contributed by atoms with Gasteiger partial charge in [0, 0.05) is 6.42 Å². The van der Waals surface area contributed by atoms with Crippen molar-refractivity contribution in [3.63, 3.8) is 0 Å². The Morgan fingerprint density at radius 1 is 1.16 bits per heavy atom. The first kappa shape index (κ1) is 18.3. The van der Waals surface area contributed by atoms with Crippen molar-refractivity contribution in [2.24, 2.45) is 10.9 Å². The lowest BCUT2D eigenvalue weighted by Gasteiger charge is -2.12. The molecule has 2 rings (SSSR count). The first-order valence-corrected chi connectivity index (χ1v) is 7.35. The molecular formula is C17H16F3N3O2. The normalized spacial score (nSPS) is 12.6. The van der Waals surface area contributed by atoms with E-state index >= 15 is 0 Å². The molecular weight excluding hydrogens is 335 g/mol. The van der Waals surface area contributed by atoms with Crippen molar-refractivity contribution in [1.29, 1.82) is 0 Å². The number of anilines is 1. The molecule has 0 aromatic heterocycles. The third-order valence-corrected chi connectivity index (χ3v) is 3.22. The minimum Gasteiger partial charge on any atom is -0.384 e. The van der Waals surface area contributed by atoms with Gasteiger partial charge in [-0.1, -0.05) is 35.5 Å². The zero-order chi connectivity index (χ0) is 18.4. The van der Waals surface area contributed by atoms with Crippen molar-refractivity contribution >= 4 is 17.4 Å². The van der Waals surface area contributed by atoms with Gasteiger partial charge >= 0.3 is 0 Å². The molecule has 1 unspecified atom stereocenters. The largest absolute Gasteiger partial charge is 0.384 e. The van der Waals surface area contributed by atoms with E-state index < -0.39 is 35.2 Å². The van der Waals surface area contributed by atoms with Gasteiger partial charge in [-0.15, -0.1) is 0 Å². The number of nitrogens with zero attached hydrogens (tertiary/aromatic N) is 1. The first-order chi connectivity index (χ1) is 11.9. The van der Waals surface area contributed by atoms with Gasteiger partial charge in [-0.25, -0.2) is 13.2 Å². The summed E-state index contributed by atoms with van der Waals surface area (Å²) >= 11 is 0. The Labute approximate surface area is 142 Å². The molecule has 0 aliphatic heterocycles. The highest BCUT2D eigenvalue weighted by atomic mass is 19.2. The van der Waals surface area contributed by atoms with Crippen LogP contribution in [-0.4, -0.2) is 17.8 Å². The van der Waals surface area contributed by atoms with Crippen LogP contribution in [0, 0.1) is 17.5 Å². The highest BCUT2D eigenvalue weighted by Gasteiger charge is 2.19. The van der Waals surface area contributed by atoms with Gasteiger partial charge in [0.1, 0.15) is 5.84 Å². The van der Waals surface area contributed by atoms with Gasteiger partial charge < -0.3 is 15.9 Å². The predicted octanol–water partition coefficient (Wildman–Crippen LogP) is 2.96. The summed E-state index contributed by atoms with van der Waals surface area (Å²) in [5, 5.41) is 5.74. The van der Waals surface area contributed by atoms with Gasteiger partial charge in [-0.2, -0.15) is 0 Å². The van der Waals surface area contributed by atoms with Crippen LogP contribution in [0.5, 0.6) is 0 Å². The number of carbonyl (C=O) groups is 1. The summed E-state index contributed by atoms with van der Waals surface area (Å²) in [5.41, 5.74) is 6.12. The fourth-order valence-corrected chi connectivity index (χ4v) is 1.89. The van der Waals surface area contributed by atoms with Crippen molar-refractivity contribution in [1.82, 2.24) is 0 Å². The van der Waals surface area contributed by atoms with Crippen LogP contribution >= 0.6 is 0 Å². The molecule has 0 spiro atoms. The fraction of sp³-hybridized carbons (Fsp3) is 0.176. The standard InChI is InChI=1S/C17H16F3N3O2/c1-10(25-23-14(21)9-11-5-3-2-4-6-11)17(24)22-13-8-7-12(18)15(19)16(13)20/h2-8,10H,9H2,1H3,(H2,21,23)(H,22,24). The van der Waals surface area contributed by atoms with E-state index in [0.717, 1.165) is 11.6 Å². The number of carbonyl (C=O) groups excluding carboxylic acids is 1. The molecule has 2 aromatic carbocycles. The first-order valence-electron chi connectivity index (χ1n) is 7.35. The second-order valence-electron chi connectivity index (χ2n) is 5.20. The Kier molecular flexibility index (Phi) is 5.99. The summed E-state index contributed by atoms with van der Waals surface area (Å²) in [4.78, 5) is 16.9. The molecule has 0 heterocycles. The van der Waals surface area contributed by atoms with Gasteiger partial charge in [0.2, 0.25) is 6.10 Å². The molecule has 0 aliphatic carbocycles. The Morgan fingerprint density at radius 2 is 1.84 bits per heavy atom. The second-order valence-corrected chi connectivity index (χ2v) is 5.20. The van der Waals surface area contributed by atoms with Crippen LogP contribution in [-0.2, 0) is 16.1 Å². The minimum atomic E-state index is -1.67. The number of hydrogen-bond acceptors (Lipinski definition) is 3. The Hall–Kier alpha value is -3.03. The van der Waals surface area contributed by atoms with Gasteiger partial charge in [0.25, 0.3) is 5.91 Å². The molecule has 2 aromatic rings. The Morgan fingerprint density at radius 3 is 2.52 bits per heavy atom. The van der Waals surface area contributed by atoms with Crippen molar-refractivity contribution in [3.8, 4) is 0 Å². The lowest BCUT2D eigenvalue weighted by atomic mass is 10.1. The molecule has 5 nitrogen and oxygen atoms in total. The van der Waals surface area contributed by atoms with Crippen molar-refractivity contribution < 1.29 is 22.8 Å². The highest BCUT2D eigenvalue weighted by molar-refractivity contribution is 5.94. The third-order valence-electron chi connectivity index (χ3n) is 3.22. The number of amides is 1. The highest BCUT2D eigenvalue weighted by Crippen LogP contribution is 2.19. The van der Waals surface area contributed by atoms with Crippen LogP contribution in [0.15, 0.2) is 47.6 Å². The summed E-state index contributed by atoms with van der Waals surface area (Å²) in [6.45, 7) is 1.35. The van der Waals surface area contributed by atoms with Crippen LogP contribution in [0.2, 0.25) is 0 Å². The summed E-state index contributed by atoms with van der Waals surface area (Å²) < 4.78 is 39.5. The maximum absolute atomic E-state index is 13.5. The number of oxime groups is 1. The molecule has 0 fully saturated rings. The van der Waals surface area contributed by atoms with Crippen LogP contribution < -0.4 is 11.1 Å². The van der Waals surface area contributed by atoms with E-state index in [2.05, 4.69) is 10.5 Å². The van der Waals surface area contributed by atoms with Crippen LogP contribution in [0.25, 0.3) is 0 Å². The monoisotopic (exact) mass is 351 g/mol. The number of hydrogen-bond donors (Lipinski definition) is 2. The summed E-state index contributed by atoms with van der Waals surface area (Å²) in [6, 6.07) is 10.9. The average molecular weight is 351 g/mol. The maximum Gasteiger partial charge on any atom is 0.268 e. The summed E-state index contributed by atoms with van der Waals surface area (Å²) in [7, 11) is 0. The average Bonchev–Trinajstić information content (AvgIpc) is 2.61. The number of benzene rings is 2. The molecule has 8 heteroatoms. The smallest absolute Gasteiger partial charge is 0.268 e. The topological polar surface area (TPSA) is 76.7 Å². The molecule has 1 amide bonds. The van der Waals surface area contributed by atoms with Crippen LogP contribution in [0.1, 0.15) is 12.5 Å². The molecule has 0 saturated carbocycles. The van der Waals surface area contributed by atoms with Gasteiger partial charge in [0.15, 0.2) is 17.5 Å². The zero-order valence-electron chi connectivity index (χ0n) is 13.3. The zero-order valence-corrected chi connectivity index (χ0v) is 13.3. The summed E-state index contributed by atoms with van der Waals surface area (Å²) in [5.74, 6) is -5.16. The van der Waals surface area contributed by atoms with E-state index in [-0.39, 0.29) is 5.84 Å². The van der Waals surface area contributed by atoms with Crippen LogP contribution in [0.3, 0.4) is 0 Å². The van der Waals surface area contributed by atoms with Gasteiger partial charge in [-0.05, 0) is 24.6 Å². The van der Waals surface area contributed by atoms with E-state index in [9.17, 15) is 18.0 Å². The quantitative estimate of drug-likeness (QED) is 0.364. The van der Waals surface area contributed by atoms with E-state index in [4.69, 9.17) is 10.6 Å². The van der Waals surface area contributed by atoms with Gasteiger partial charge in [0.05, 0.1) is 5.69 Å². The summed E-state index contributed by atoms with van der Waals surface area (Å²) in [6.07, 6.45) is -0.797.